The van der Waals surface area contributed by atoms with Gasteiger partial charge >= 0.3 is 6.09 Å². The Kier molecular flexibility index (Phi) is 7.00. The van der Waals surface area contributed by atoms with Gasteiger partial charge in [-0.1, -0.05) is 23.4 Å². The molecular formula is C21H21ClFN3O2S2. The van der Waals surface area contributed by atoms with E-state index in [1.807, 2.05) is 32.9 Å². The molecule has 1 amide bonds. The fraction of sp³-hybridized carbons (Fsp3) is 0.286. The maximum atomic E-state index is 14.4. The van der Waals surface area contributed by atoms with Gasteiger partial charge < -0.3 is 10.0 Å². The Hall–Kier alpha value is -2.16. The molecule has 0 spiro atoms. The first-order valence-corrected chi connectivity index (χ1v) is 11.2. The largest absolute Gasteiger partial charge is 0.465 e. The Bertz CT molecular complexity index is 1050. The van der Waals surface area contributed by atoms with Crippen LogP contribution in [0.1, 0.15) is 25.6 Å². The predicted octanol–water partition coefficient (Wildman–Crippen LogP) is 6.47. The lowest BCUT2D eigenvalue weighted by Crippen LogP contribution is -2.45. The number of halogens is 2. The van der Waals surface area contributed by atoms with Crippen molar-refractivity contribution >= 4 is 40.8 Å². The number of nitrogens with zero attached hydrogens (tertiary/aromatic N) is 3. The fourth-order valence-electron chi connectivity index (χ4n) is 2.89. The fourth-order valence-corrected chi connectivity index (χ4v) is 5.59. The summed E-state index contributed by atoms with van der Waals surface area (Å²) in [5, 5.41) is 9.91. The standard InChI is InChI=1S/C21H21ClFN3O2S2/c1-21(2,3)26(20(27)28)10-7-14-11-16(15-5-4-8-25-18(15)23)19(30-14)29-13-6-9-24-17(22)12-13/h4-6,8-9,11-12H,7,10H2,1-3H3,(H,27,28). The quantitative estimate of drug-likeness (QED) is 0.422. The Morgan fingerprint density at radius 3 is 2.63 bits per heavy atom. The second-order valence-electron chi connectivity index (χ2n) is 7.53. The summed E-state index contributed by atoms with van der Waals surface area (Å²) in [5.41, 5.74) is 0.636. The Labute approximate surface area is 187 Å². The number of aromatic nitrogens is 2. The molecule has 3 heterocycles. The van der Waals surface area contributed by atoms with Crippen molar-refractivity contribution < 1.29 is 14.3 Å². The van der Waals surface area contributed by atoms with Crippen molar-refractivity contribution in [2.24, 2.45) is 0 Å². The second-order valence-corrected chi connectivity index (χ2v) is 10.4. The normalized spacial score (nSPS) is 11.5. The minimum absolute atomic E-state index is 0.347. The number of pyridine rings is 2. The van der Waals surface area contributed by atoms with Gasteiger partial charge in [0.2, 0.25) is 5.95 Å². The van der Waals surface area contributed by atoms with E-state index in [4.69, 9.17) is 11.6 Å². The van der Waals surface area contributed by atoms with Gasteiger partial charge in [0, 0.05) is 45.4 Å². The van der Waals surface area contributed by atoms with E-state index in [9.17, 15) is 14.3 Å². The van der Waals surface area contributed by atoms with Crippen molar-refractivity contribution in [1.82, 2.24) is 14.9 Å². The van der Waals surface area contributed by atoms with Gasteiger partial charge in [0.25, 0.3) is 0 Å². The molecule has 3 rings (SSSR count). The molecule has 3 aromatic rings. The first-order chi connectivity index (χ1) is 14.1. The highest BCUT2D eigenvalue weighted by molar-refractivity contribution is 8.01. The van der Waals surface area contributed by atoms with E-state index in [2.05, 4.69) is 9.97 Å². The van der Waals surface area contributed by atoms with Gasteiger partial charge in [0.05, 0.1) is 4.21 Å². The molecule has 0 aliphatic carbocycles. The van der Waals surface area contributed by atoms with Gasteiger partial charge in [-0.15, -0.1) is 11.3 Å². The van der Waals surface area contributed by atoms with E-state index >= 15 is 0 Å². The zero-order valence-corrected chi connectivity index (χ0v) is 19.1. The third-order valence-corrected chi connectivity index (χ3v) is 6.92. The van der Waals surface area contributed by atoms with E-state index in [-0.39, 0.29) is 0 Å². The lowest BCUT2D eigenvalue weighted by Gasteiger charge is -2.33. The smallest absolute Gasteiger partial charge is 0.407 e. The summed E-state index contributed by atoms with van der Waals surface area (Å²) in [6.07, 6.45) is 2.60. The van der Waals surface area contributed by atoms with Gasteiger partial charge in [-0.25, -0.2) is 14.8 Å². The van der Waals surface area contributed by atoms with Crippen molar-refractivity contribution in [2.75, 3.05) is 6.54 Å². The van der Waals surface area contributed by atoms with Crippen LogP contribution in [-0.4, -0.2) is 38.2 Å². The van der Waals surface area contributed by atoms with Gasteiger partial charge in [0.1, 0.15) is 5.15 Å². The first kappa shape index (κ1) is 22.5. The molecule has 0 aliphatic heterocycles. The summed E-state index contributed by atoms with van der Waals surface area (Å²) >= 11 is 8.99. The third-order valence-electron chi connectivity index (χ3n) is 4.33. The molecule has 0 fully saturated rings. The highest BCUT2D eigenvalue weighted by Gasteiger charge is 2.26. The summed E-state index contributed by atoms with van der Waals surface area (Å²) in [7, 11) is 0. The van der Waals surface area contributed by atoms with Gasteiger partial charge in [0.15, 0.2) is 0 Å². The van der Waals surface area contributed by atoms with E-state index in [0.717, 1.165) is 19.5 Å². The highest BCUT2D eigenvalue weighted by atomic mass is 35.5. The Morgan fingerprint density at radius 2 is 2.00 bits per heavy atom. The predicted molar refractivity (Wildman–Crippen MR) is 119 cm³/mol. The van der Waals surface area contributed by atoms with Crippen LogP contribution in [0, 0.1) is 5.95 Å². The molecule has 0 aliphatic rings. The number of hydrogen-bond donors (Lipinski definition) is 1. The number of amides is 1. The van der Waals surface area contributed by atoms with E-state index in [1.54, 1.807) is 24.4 Å². The van der Waals surface area contributed by atoms with Crippen LogP contribution in [0.4, 0.5) is 9.18 Å². The summed E-state index contributed by atoms with van der Waals surface area (Å²) in [5.74, 6) is -0.543. The second kappa shape index (κ2) is 9.32. The molecule has 158 valence electrons. The molecule has 0 unspecified atom stereocenters. The molecule has 1 N–H and O–H groups in total. The minimum Gasteiger partial charge on any atom is -0.465 e. The lowest BCUT2D eigenvalue weighted by atomic mass is 10.1. The molecule has 9 heteroatoms. The highest BCUT2D eigenvalue weighted by Crippen LogP contribution is 2.43. The molecule has 0 bridgehead atoms. The summed E-state index contributed by atoms with van der Waals surface area (Å²) < 4.78 is 15.3. The van der Waals surface area contributed by atoms with Crippen LogP contribution in [-0.2, 0) is 6.42 Å². The molecule has 0 saturated heterocycles. The van der Waals surface area contributed by atoms with Crippen LogP contribution >= 0.6 is 34.7 Å². The number of hydrogen-bond acceptors (Lipinski definition) is 5. The van der Waals surface area contributed by atoms with Crippen LogP contribution in [0.2, 0.25) is 5.15 Å². The average molecular weight is 466 g/mol. The molecule has 0 aromatic carbocycles. The summed E-state index contributed by atoms with van der Waals surface area (Å²) in [6, 6.07) is 8.89. The van der Waals surface area contributed by atoms with E-state index < -0.39 is 17.6 Å². The molecule has 30 heavy (non-hydrogen) atoms. The molecular weight excluding hydrogens is 445 g/mol. The van der Waals surface area contributed by atoms with Crippen LogP contribution in [0.25, 0.3) is 11.1 Å². The number of carboxylic acid groups (broad SMARTS) is 1. The van der Waals surface area contributed by atoms with E-state index in [1.165, 1.54) is 34.2 Å². The van der Waals surface area contributed by atoms with Crippen molar-refractivity contribution in [3.05, 3.63) is 58.7 Å². The topological polar surface area (TPSA) is 66.3 Å². The number of carbonyl (C=O) groups is 1. The average Bonchev–Trinajstić information content (AvgIpc) is 3.03. The van der Waals surface area contributed by atoms with Crippen LogP contribution in [0.5, 0.6) is 0 Å². The first-order valence-electron chi connectivity index (χ1n) is 9.18. The number of rotatable bonds is 6. The van der Waals surface area contributed by atoms with Gasteiger partial charge in [-0.05, 0) is 57.5 Å². The Morgan fingerprint density at radius 1 is 1.23 bits per heavy atom. The van der Waals surface area contributed by atoms with Crippen molar-refractivity contribution in [3.63, 3.8) is 0 Å². The summed E-state index contributed by atoms with van der Waals surface area (Å²) in [6.45, 7) is 5.93. The van der Waals surface area contributed by atoms with Crippen LogP contribution < -0.4 is 0 Å². The Balaban J connectivity index is 1.94. The van der Waals surface area contributed by atoms with Gasteiger partial charge in [-0.2, -0.15) is 4.39 Å². The third kappa shape index (κ3) is 5.50. The maximum absolute atomic E-state index is 14.4. The molecule has 3 aromatic heterocycles. The van der Waals surface area contributed by atoms with Crippen LogP contribution in [0.3, 0.4) is 0 Å². The zero-order chi connectivity index (χ0) is 21.9. The zero-order valence-electron chi connectivity index (χ0n) is 16.7. The molecule has 0 saturated carbocycles. The lowest BCUT2D eigenvalue weighted by molar-refractivity contribution is 0.101. The van der Waals surface area contributed by atoms with Crippen molar-refractivity contribution in [3.8, 4) is 11.1 Å². The van der Waals surface area contributed by atoms with Crippen molar-refractivity contribution in [2.45, 2.75) is 41.8 Å². The van der Waals surface area contributed by atoms with Gasteiger partial charge in [-0.3, -0.25) is 0 Å². The molecule has 0 radical (unpaired) electrons. The monoisotopic (exact) mass is 465 g/mol. The number of thiophene rings is 1. The minimum atomic E-state index is -0.960. The van der Waals surface area contributed by atoms with Crippen molar-refractivity contribution in [1.29, 1.82) is 0 Å². The van der Waals surface area contributed by atoms with Crippen LogP contribution in [0.15, 0.2) is 51.8 Å². The molecule has 0 atom stereocenters. The maximum Gasteiger partial charge on any atom is 0.407 e. The summed E-state index contributed by atoms with van der Waals surface area (Å²) in [4.78, 5) is 22.6. The van der Waals surface area contributed by atoms with E-state index in [0.29, 0.717) is 23.7 Å². The molecule has 5 nitrogen and oxygen atoms in total. The SMILES string of the molecule is CC(C)(C)N(CCc1cc(-c2cccnc2F)c(Sc2ccnc(Cl)c2)s1)C(=O)O.